The molecule has 21 rings (SSSR count). The Balaban J connectivity index is 0.852. The number of aromatic nitrogens is 6. The molecule has 0 fully saturated rings. The third kappa shape index (κ3) is 6.96. The van der Waals surface area contributed by atoms with E-state index >= 15 is 0 Å². The van der Waals surface area contributed by atoms with Crippen LogP contribution in [-0.2, 0) is 5.41 Å². The van der Waals surface area contributed by atoms with Gasteiger partial charge in [0.2, 0.25) is 0 Å². The molecule has 0 bridgehead atoms. The normalized spacial score (nSPS) is 13.2. The second-order valence-electron chi connectivity index (χ2n) is 25.1. The first kappa shape index (κ1) is 52.2. The van der Waals surface area contributed by atoms with Crippen LogP contribution in [0.2, 0.25) is 0 Å². The molecular weight excluding hydrogens is 1180 g/mol. The van der Waals surface area contributed by atoms with Crippen molar-refractivity contribution in [1.82, 2.24) is 28.2 Å². The van der Waals surface area contributed by atoms with E-state index in [2.05, 4.69) is 246 Å². The lowest BCUT2D eigenvalue weighted by Crippen LogP contribution is -2.32. The topological polar surface area (TPSA) is 95.3 Å². The number of ether oxygens (including phenoxy) is 2. The molecule has 0 radical (unpaired) electrons. The fourth-order valence-electron chi connectivity index (χ4n) is 16.4. The van der Waals surface area contributed by atoms with Crippen LogP contribution in [0.4, 0.5) is 22.7 Å². The molecule has 11 nitrogen and oxygen atoms in total. The Labute approximate surface area is 548 Å². The Morgan fingerprint density at radius 3 is 1.21 bits per heavy atom. The first-order valence-corrected chi connectivity index (χ1v) is 32.0. The highest BCUT2D eigenvalue weighted by molar-refractivity contribution is 6.14. The molecule has 8 heterocycles. The monoisotopic (exact) mass is 1230 g/mol. The summed E-state index contributed by atoms with van der Waals surface area (Å²) in [6.45, 7) is 8.01. The number of nitriles is 1. The first-order valence-electron chi connectivity index (χ1n) is 32.0. The van der Waals surface area contributed by atoms with Crippen molar-refractivity contribution in [3.63, 3.8) is 0 Å². The van der Waals surface area contributed by atoms with Gasteiger partial charge < -0.3 is 32.6 Å². The van der Waals surface area contributed by atoms with Gasteiger partial charge in [0, 0.05) is 89.2 Å². The van der Waals surface area contributed by atoms with Crippen molar-refractivity contribution in [2.45, 2.75) is 5.41 Å². The molecule has 2 aliphatic heterocycles. The number of para-hydroxylation sites is 9. The number of benzene rings is 12. The summed E-state index contributed by atoms with van der Waals surface area (Å²) >= 11 is 0. The smallest absolute Gasteiger partial charge is 0.188 e. The van der Waals surface area contributed by atoms with Crippen LogP contribution in [0.5, 0.6) is 23.0 Å². The zero-order valence-electron chi connectivity index (χ0n) is 51.0. The van der Waals surface area contributed by atoms with Gasteiger partial charge in [-0.2, -0.15) is 5.26 Å². The van der Waals surface area contributed by atoms with E-state index in [9.17, 15) is 5.26 Å². The highest BCUT2D eigenvalue weighted by Gasteiger charge is 2.53. The van der Waals surface area contributed by atoms with Gasteiger partial charge in [0.15, 0.2) is 17.2 Å². The minimum atomic E-state index is -1.10. The fraction of sp³-hybridized carbons (Fsp3) is 0.0118. The summed E-state index contributed by atoms with van der Waals surface area (Å²) in [5.74, 6) is 2.86. The van der Waals surface area contributed by atoms with E-state index in [-0.39, 0.29) is 0 Å². The summed E-state index contributed by atoms with van der Waals surface area (Å²) in [6, 6.07) is 98.2. The van der Waals surface area contributed by atoms with E-state index in [1.165, 1.54) is 0 Å². The molecule has 0 amide bonds. The molecule has 1 aliphatic carbocycles. The zero-order chi connectivity index (χ0) is 63.1. The van der Waals surface area contributed by atoms with Crippen molar-refractivity contribution in [2.75, 3.05) is 4.90 Å². The van der Waals surface area contributed by atoms with Crippen molar-refractivity contribution >= 4 is 110 Å². The molecule has 11 heteroatoms. The van der Waals surface area contributed by atoms with E-state index in [1.54, 1.807) is 0 Å². The standard InChI is InChI=1S/C85H47N9O2/c1-87-51-31-38-75-63(41-51)61-20-6-11-25-73(61)90(75)53-32-35-65-81(45-53)96-82-46-54(91-74-37-30-50(47-86)40-62(74)64-42-52(34-39-76(64)91)92-77-26-12-14-28-79(77)95-80-29-15-13-27-78(80)92)33-36-66(82)85(65)67-43-55(93-69-21-7-2-16-57(69)58-17-3-8-22-70(58)93)48-88-83(67)84-68(85)44-56(49-89-84)94-71-23-9-4-18-59(71)60-19-5-10-24-72(60)94/h2-46,48-49H. The molecule has 12 aromatic carbocycles. The van der Waals surface area contributed by atoms with Crippen LogP contribution in [0.3, 0.4) is 0 Å². The number of hydrogen-bond donors (Lipinski definition) is 0. The summed E-state index contributed by atoms with van der Waals surface area (Å²) in [7, 11) is 0. The van der Waals surface area contributed by atoms with E-state index in [0.717, 1.165) is 172 Å². The first-order chi connectivity index (χ1) is 47.5. The average molecular weight is 1230 g/mol. The van der Waals surface area contributed by atoms with Gasteiger partial charge in [-0.05, 0) is 133 Å². The minimum absolute atomic E-state index is 0.563. The molecular formula is C85H47N9O2. The van der Waals surface area contributed by atoms with Crippen LogP contribution in [0.1, 0.15) is 27.8 Å². The molecule has 18 aromatic rings. The maximum Gasteiger partial charge on any atom is 0.188 e. The predicted molar refractivity (Wildman–Crippen MR) is 383 cm³/mol. The van der Waals surface area contributed by atoms with E-state index in [4.69, 9.17) is 26.0 Å². The molecule has 0 N–H and O–H groups in total. The highest BCUT2D eigenvalue weighted by Crippen LogP contribution is 2.63. The zero-order valence-corrected chi connectivity index (χ0v) is 51.0. The van der Waals surface area contributed by atoms with Crippen molar-refractivity contribution in [3.05, 3.63) is 325 Å². The van der Waals surface area contributed by atoms with Gasteiger partial charge in [0.05, 0.1) is 114 Å². The van der Waals surface area contributed by atoms with Crippen LogP contribution >= 0.6 is 0 Å². The number of rotatable bonds is 5. The largest absolute Gasteiger partial charge is 0.457 e. The molecule has 96 heavy (non-hydrogen) atoms. The predicted octanol–water partition coefficient (Wildman–Crippen LogP) is 21.3. The van der Waals surface area contributed by atoms with Gasteiger partial charge in [-0.1, -0.05) is 133 Å². The molecule has 1 spiro atoms. The van der Waals surface area contributed by atoms with Gasteiger partial charge in [-0.25, -0.2) is 4.85 Å². The molecule has 0 saturated carbocycles. The second kappa shape index (κ2) is 19.3. The van der Waals surface area contributed by atoms with Crippen molar-refractivity contribution < 1.29 is 9.47 Å². The molecule has 0 unspecified atom stereocenters. The lowest BCUT2D eigenvalue weighted by atomic mass is 9.66. The molecule has 444 valence electrons. The van der Waals surface area contributed by atoms with E-state index in [0.29, 0.717) is 22.7 Å². The van der Waals surface area contributed by atoms with Crippen LogP contribution in [0.15, 0.2) is 285 Å². The highest BCUT2D eigenvalue weighted by atomic mass is 16.5. The average Bonchev–Trinajstić information content (AvgIpc) is 1.10. The maximum absolute atomic E-state index is 10.5. The lowest BCUT2D eigenvalue weighted by Gasteiger charge is -2.39. The van der Waals surface area contributed by atoms with Crippen molar-refractivity contribution in [1.29, 1.82) is 5.26 Å². The van der Waals surface area contributed by atoms with Gasteiger partial charge in [0.1, 0.15) is 11.5 Å². The second-order valence-corrected chi connectivity index (χ2v) is 25.1. The molecule has 6 aromatic heterocycles. The molecule has 3 aliphatic rings. The number of anilines is 3. The third-order valence-electron chi connectivity index (χ3n) is 20.3. The fourth-order valence-corrected chi connectivity index (χ4v) is 16.4. The van der Waals surface area contributed by atoms with Gasteiger partial charge in [0.25, 0.3) is 0 Å². The number of hydrogen-bond acceptors (Lipinski definition) is 6. The Kier molecular flexibility index (Phi) is 10.5. The Hall–Kier alpha value is -13.5. The van der Waals surface area contributed by atoms with Crippen LogP contribution in [0.25, 0.3) is 126 Å². The lowest BCUT2D eigenvalue weighted by molar-refractivity contribution is 0.436. The van der Waals surface area contributed by atoms with E-state index in [1.807, 2.05) is 73.1 Å². The van der Waals surface area contributed by atoms with Crippen LogP contribution < -0.4 is 14.4 Å². The maximum atomic E-state index is 10.5. The molecule has 0 saturated heterocycles. The minimum Gasteiger partial charge on any atom is -0.457 e. The summed E-state index contributed by atoms with van der Waals surface area (Å²) < 4.78 is 23.5. The number of pyridine rings is 2. The summed E-state index contributed by atoms with van der Waals surface area (Å²) in [5, 5.41) is 19.1. The number of nitrogens with zero attached hydrogens (tertiary/aromatic N) is 9. The van der Waals surface area contributed by atoms with Crippen LogP contribution in [0, 0.1) is 17.9 Å². The summed E-state index contributed by atoms with van der Waals surface area (Å²) in [5.41, 5.74) is 20.0. The Morgan fingerprint density at radius 1 is 0.333 bits per heavy atom. The quantitative estimate of drug-likeness (QED) is 0.159. The molecule has 0 atom stereocenters. The van der Waals surface area contributed by atoms with Crippen molar-refractivity contribution in [2.24, 2.45) is 0 Å². The van der Waals surface area contributed by atoms with Crippen molar-refractivity contribution in [3.8, 4) is 63.2 Å². The van der Waals surface area contributed by atoms with Crippen LogP contribution in [-0.4, -0.2) is 28.2 Å². The number of fused-ring (bicyclic) bond motifs is 23. The Morgan fingerprint density at radius 2 is 0.719 bits per heavy atom. The van der Waals surface area contributed by atoms with Gasteiger partial charge in [-0.15, -0.1) is 0 Å². The third-order valence-corrected chi connectivity index (χ3v) is 20.3. The summed E-state index contributed by atoms with van der Waals surface area (Å²) in [6.07, 6.45) is 4.03. The summed E-state index contributed by atoms with van der Waals surface area (Å²) in [4.78, 5) is 17.3. The Bertz CT molecular complexity index is 6290. The van der Waals surface area contributed by atoms with E-state index < -0.39 is 5.41 Å². The SMILES string of the molecule is [C-]#[N+]c1ccc2c(c1)c1ccccc1n2-c1ccc2c(c1)Oc1cc(-n3c4ccc(C#N)cc4c4cc(N5c6ccccc6Oc6ccccc65)ccc43)ccc1C21c2cc(-n3c4ccccc4c4ccccc43)cnc2-c2ncc(-n3c4ccccc4c4ccccc43)cc21. The van der Waals surface area contributed by atoms with Gasteiger partial charge in [-0.3, -0.25) is 9.97 Å². The van der Waals surface area contributed by atoms with Gasteiger partial charge >= 0.3 is 0 Å².